The van der Waals surface area contributed by atoms with Crippen LogP contribution in [0.4, 0.5) is 10.6 Å². The Morgan fingerprint density at radius 1 is 1.19 bits per heavy atom. The number of aromatic nitrogens is 4. The number of carbonyl (C=O) groups is 1. The molecule has 5 rings (SSSR count). The summed E-state index contributed by atoms with van der Waals surface area (Å²) in [6.45, 7) is 1.30. The van der Waals surface area contributed by atoms with Gasteiger partial charge in [0.05, 0.1) is 24.9 Å². The lowest BCUT2D eigenvalue weighted by Crippen LogP contribution is -2.39. The lowest BCUT2D eigenvalue weighted by molar-refractivity contribution is 0.105. The number of anilines is 1. The number of nitrogens with two attached hydrogens (primary N) is 1. The number of piperidine rings is 1. The van der Waals surface area contributed by atoms with Gasteiger partial charge in [0.2, 0.25) is 5.89 Å². The zero-order chi connectivity index (χ0) is 21.4. The van der Waals surface area contributed by atoms with E-state index in [1.807, 2.05) is 47.4 Å². The largest absolute Gasteiger partial charge is 0.453 e. The number of benzene rings is 1. The maximum absolute atomic E-state index is 11.7. The number of hydrogen-bond acceptors (Lipinski definition) is 7. The molecular formula is C22H23ClN6O3. The maximum Gasteiger partial charge on any atom is 0.409 e. The summed E-state index contributed by atoms with van der Waals surface area (Å²) in [6, 6.07) is 9.73. The predicted octanol–water partition coefficient (Wildman–Crippen LogP) is 4.16. The fourth-order valence-electron chi connectivity index (χ4n) is 3.92. The number of pyridine rings is 1. The van der Waals surface area contributed by atoms with Crippen LogP contribution in [0.1, 0.15) is 18.9 Å². The van der Waals surface area contributed by atoms with E-state index in [-0.39, 0.29) is 24.5 Å². The molecule has 166 valence electrons. The number of nitrogens with zero attached hydrogens (tertiary/aromatic N) is 5. The molecule has 2 N–H and O–H groups in total. The van der Waals surface area contributed by atoms with Gasteiger partial charge in [0, 0.05) is 36.6 Å². The molecule has 0 bridgehead atoms. The van der Waals surface area contributed by atoms with Gasteiger partial charge in [-0.1, -0.05) is 12.1 Å². The molecule has 1 amide bonds. The highest BCUT2D eigenvalue weighted by Crippen LogP contribution is 2.32. The first kappa shape index (κ1) is 21.6. The predicted molar refractivity (Wildman–Crippen MR) is 122 cm³/mol. The van der Waals surface area contributed by atoms with Crippen LogP contribution in [0.3, 0.4) is 0 Å². The van der Waals surface area contributed by atoms with Crippen molar-refractivity contribution >= 4 is 35.4 Å². The number of ether oxygens (including phenoxy) is 1. The number of likely N-dealkylation sites (tertiary alicyclic amines) is 1. The molecule has 0 aliphatic carbocycles. The third kappa shape index (κ3) is 3.99. The fourth-order valence-corrected chi connectivity index (χ4v) is 3.92. The number of amides is 1. The standard InChI is InChI=1S/C22H22N6O3.ClH/c1-30-22(29)27-8-6-16(7-9-27)28-13-15(12-25-28)14-10-17(20(23)24-11-14)21-26-18-4-2-3-5-19(18)31-21;/h2-5,10-13,16H,6-9H2,1H3,(H2,23,24);1H. The summed E-state index contributed by atoms with van der Waals surface area (Å²) in [7, 11) is 1.41. The van der Waals surface area contributed by atoms with Crippen LogP contribution in [0.2, 0.25) is 0 Å². The third-order valence-corrected chi connectivity index (χ3v) is 5.65. The number of nitrogen functional groups attached to an aromatic ring is 1. The topological polar surface area (TPSA) is 112 Å². The molecule has 10 heteroatoms. The molecule has 0 saturated carbocycles. The van der Waals surface area contributed by atoms with Crippen LogP contribution in [0.5, 0.6) is 0 Å². The van der Waals surface area contributed by atoms with Crippen LogP contribution in [-0.2, 0) is 4.74 Å². The quantitative estimate of drug-likeness (QED) is 0.494. The van der Waals surface area contributed by atoms with E-state index in [0.717, 1.165) is 29.5 Å². The van der Waals surface area contributed by atoms with Crippen molar-refractivity contribution in [2.75, 3.05) is 25.9 Å². The Labute approximate surface area is 190 Å². The Morgan fingerprint density at radius 2 is 1.97 bits per heavy atom. The van der Waals surface area contributed by atoms with Crippen molar-refractivity contribution in [2.45, 2.75) is 18.9 Å². The Balaban J connectivity index is 0.00000245. The van der Waals surface area contributed by atoms with Gasteiger partial charge in [-0.3, -0.25) is 4.68 Å². The average molecular weight is 455 g/mol. The molecule has 1 aliphatic heterocycles. The van der Waals surface area contributed by atoms with Gasteiger partial charge in [-0.15, -0.1) is 12.4 Å². The Morgan fingerprint density at radius 3 is 2.72 bits per heavy atom. The lowest BCUT2D eigenvalue weighted by Gasteiger charge is -2.30. The van der Waals surface area contributed by atoms with Gasteiger partial charge >= 0.3 is 6.09 Å². The zero-order valence-corrected chi connectivity index (χ0v) is 18.3. The van der Waals surface area contributed by atoms with Crippen molar-refractivity contribution in [1.29, 1.82) is 0 Å². The summed E-state index contributed by atoms with van der Waals surface area (Å²) in [6.07, 6.45) is 6.91. The molecule has 1 aromatic carbocycles. The van der Waals surface area contributed by atoms with Gasteiger partial charge in [-0.25, -0.2) is 14.8 Å². The number of carbonyl (C=O) groups excluding carboxylic acids is 1. The van der Waals surface area contributed by atoms with E-state index in [1.54, 1.807) is 11.1 Å². The van der Waals surface area contributed by atoms with Gasteiger partial charge in [-0.2, -0.15) is 5.10 Å². The summed E-state index contributed by atoms with van der Waals surface area (Å²) in [5.74, 6) is 0.800. The van der Waals surface area contributed by atoms with Crippen LogP contribution in [0.15, 0.2) is 53.3 Å². The van der Waals surface area contributed by atoms with Gasteiger partial charge in [0.1, 0.15) is 11.3 Å². The molecule has 9 nitrogen and oxygen atoms in total. The number of fused-ring (bicyclic) bond motifs is 1. The summed E-state index contributed by atoms with van der Waals surface area (Å²) >= 11 is 0. The maximum atomic E-state index is 11.7. The molecule has 4 aromatic rings. The monoisotopic (exact) mass is 454 g/mol. The number of oxazole rings is 1. The van der Waals surface area contributed by atoms with E-state index in [2.05, 4.69) is 15.1 Å². The number of rotatable bonds is 3. The van der Waals surface area contributed by atoms with Crippen molar-refractivity contribution in [2.24, 2.45) is 0 Å². The third-order valence-electron chi connectivity index (χ3n) is 5.65. The van der Waals surface area contributed by atoms with Gasteiger partial charge < -0.3 is 19.8 Å². The zero-order valence-electron chi connectivity index (χ0n) is 17.5. The molecule has 1 fully saturated rings. The van der Waals surface area contributed by atoms with Crippen molar-refractivity contribution in [1.82, 2.24) is 24.6 Å². The minimum atomic E-state index is -0.278. The van der Waals surface area contributed by atoms with E-state index in [1.165, 1.54) is 7.11 Å². The Hall–Kier alpha value is -3.59. The second kappa shape index (κ2) is 8.88. The second-order valence-corrected chi connectivity index (χ2v) is 7.54. The molecule has 0 unspecified atom stereocenters. The smallest absolute Gasteiger partial charge is 0.409 e. The molecule has 4 heterocycles. The molecule has 0 radical (unpaired) electrons. The van der Waals surface area contributed by atoms with Crippen LogP contribution < -0.4 is 5.73 Å². The van der Waals surface area contributed by atoms with Gasteiger partial charge in [0.25, 0.3) is 0 Å². The van der Waals surface area contributed by atoms with Gasteiger partial charge in [0.15, 0.2) is 5.58 Å². The molecule has 32 heavy (non-hydrogen) atoms. The Kier molecular flexibility index (Phi) is 6.00. The molecule has 1 saturated heterocycles. The highest BCUT2D eigenvalue weighted by Gasteiger charge is 2.25. The van der Waals surface area contributed by atoms with Crippen molar-refractivity contribution < 1.29 is 13.9 Å². The molecule has 3 aromatic heterocycles. The minimum Gasteiger partial charge on any atom is -0.453 e. The first-order chi connectivity index (χ1) is 15.1. The highest BCUT2D eigenvalue weighted by atomic mass is 35.5. The van der Waals surface area contributed by atoms with E-state index in [0.29, 0.717) is 35.9 Å². The number of hydrogen-bond donors (Lipinski definition) is 1. The van der Waals surface area contributed by atoms with Crippen LogP contribution in [0.25, 0.3) is 33.7 Å². The normalized spacial score (nSPS) is 14.3. The van der Waals surface area contributed by atoms with Crippen LogP contribution in [0, 0.1) is 0 Å². The van der Waals surface area contributed by atoms with E-state index in [4.69, 9.17) is 14.9 Å². The average Bonchev–Trinajstić information content (AvgIpc) is 3.46. The second-order valence-electron chi connectivity index (χ2n) is 7.54. The molecule has 0 spiro atoms. The SMILES string of the molecule is COC(=O)N1CCC(n2cc(-c3cnc(N)c(-c4nc5ccccc5o4)c3)cn2)CC1.Cl. The summed E-state index contributed by atoms with van der Waals surface area (Å²) in [4.78, 5) is 22.3. The van der Waals surface area contributed by atoms with Crippen molar-refractivity contribution in [3.05, 3.63) is 48.9 Å². The lowest BCUT2D eigenvalue weighted by atomic mass is 10.1. The highest BCUT2D eigenvalue weighted by molar-refractivity contribution is 5.85. The van der Waals surface area contributed by atoms with Crippen molar-refractivity contribution in [3.8, 4) is 22.6 Å². The van der Waals surface area contributed by atoms with Gasteiger partial charge in [-0.05, 0) is 31.0 Å². The first-order valence-corrected chi connectivity index (χ1v) is 10.1. The minimum absolute atomic E-state index is 0. The van der Waals surface area contributed by atoms with E-state index < -0.39 is 0 Å². The van der Waals surface area contributed by atoms with Crippen LogP contribution >= 0.6 is 12.4 Å². The summed E-state index contributed by atoms with van der Waals surface area (Å²) in [5.41, 5.74) is 10.0. The molecular weight excluding hydrogens is 432 g/mol. The van der Waals surface area contributed by atoms with E-state index in [9.17, 15) is 4.79 Å². The molecule has 1 aliphatic rings. The Bertz CT molecular complexity index is 1210. The number of para-hydroxylation sites is 2. The van der Waals surface area contributed by atoms with Crippen LogP contribution in [-0.4, -0.2) is 50.9 Å². The fraction of sp³-hybridized carbons (Fsp3) is 0.273. The first-order valence-electron chi connectivity index (χ1n) is 10.1. The molecule has 0 atom stereocenters. The van der Waals surface area contributed by atoms with Crippen molar-refractivity contribution in [3.63, 3.8) is 0 Å². The van der Waals surface area contributed by atoms with E-state index >= 15 is 0 Å². The summed E-state index contributed by atoms with van der Waals surface area (Å²) < 4.78 is 12.6. The summed E-state index contributed by atoms with van der Waals surface area (Å²) in [5, 5.41) is 4.55. The number of halogens is 1. The number of methoxy groups -OCH3 is 1.